The van der Waals surface area contributed by atoms with Gasteiger partial charge < -0.3 is 15.8 Å². The van der Waals surface area contributed by atoms with Crippen molar-refractivity contribution in [3.8, 4) is 16.9 Å². The SMILES string of the molecule is COc1ccccc1-c1ccc(C(C)NCCCC(C)(C)N)cc1. The average molecular weight is 326 g/mol. The lowest BCUT2D eigenvalue weighted by Gasteiger charge is -2.20. The highest BCUT2D eigenvalue weighted by atomic mass is 16.5. The number of hydrogen-bond donors (Lipinski definition) is 2. The fraction of sp³-hybridized carbons (Fsp3) is 0.429. The second-order valence-corrected chi connectivity index (χ2v) is 7.09. The first-order chi connectivity index (χ1) is 11.4. The number of nitrogens with two attached hydrogens (primary N) is 1. The predicted molar refractivity (Wildman–Crippen MR) is 102 cm³/mol. The monoisotopic (exact) mass is 326 g/mol. The van der Waals surface area contributed by atoms with Crippen LogP contribution in [0.2, 0.25) is 0 Å². The minimum Gasteiger partial charge on any atom is -0.496 e. The molecule has 2 aromatic carbocycles. The van der Waals surface area contributed by atoms with E-state index in [-0.39, 0.29) is 5.54 Å². The summed E-state index contributed by atoms with van der Waals surface area (Å²) >= 11 is 0. The van der Waals surface area contributed by atoms with Gasteiger partial charge in [0.25, 0.3) is 0 Å². The van der Waals surface area contributed by atoms with Crippen LogP contribution in [0.15, 0.2) is 48.5 Å². The van der Waals surface area contributed by atoms with Gasteiger partial charge in [0.05, 0.1) is 7.11 Å². The quantitative estimate of drug-likeness (QED) is 0.701. The largest absolute Gasteiger partial charge is 0.496 e. The maximum absolute atomic E-state index is 6.02. The van der Waals surface area contributed by atoms with E-state index in [9.17, 15) is 0 Å². The van der Waals surface area contributed by atoms with E-state index in [1.165, 1.54) is 11.1 Å². The van der Waals surface area contributed by atoms with E-state index < -0.39 is 0 Å². The Hall–Kier alpha value is -1.84. The standard InChI is InChI=1S/C21H30N2O/c1-16(23-15-7-14-21(2,3)22)17-10-12-18(13-11-17)19-8-5-6-9-20(19)24-4/h5-6,8-13,16,23H,7,14-15,22H2,1-4H3. The smallest absolute Gasteiger partial charge is 0.126 e. The van der Waals surface area contributed by atoms with Gasteiger partial charge in [-0.15, -0.1) is 0 Å². The van der Waals surface area contributed by atoms with Gasteiger partial charge in [0, 0.05) is 17.1 Å². The molecule has 0 saturated heterocycles. The van der Waals surface area contributed by atoms with E-state index in [1.807, 2.05) is 18.2 Å². The summed E-state index contributed by atoms with van der Waals surface area (Å²) in [5, 5.41) is 3.57. The van der Waals surface area contributed by atoms with E-state index in [4.69, 9.17) is 10.5 Å². The van der Waals surface area contributed by atoms with Crippen molar-refractivity contribution in [2.45, 2.75) is 45.2 Å². The minimum atomic E-state index is -0.0820. The molecule has 130 valence electrons. The van der Waals surface area contributed by atoms with Crippen molar-refractivity contribution >= 4 is 0 Å². The Morgan fingerprint density at radius 3 is 2.38 bits per heavy atom. The lowest BCUT2D eigenvalue weighted by atomic mass is 9.99. The highest BCUT2D eigenvalue weighted by Crippen LogP contribution is 2.30. The van der Waals surface area contributed by atoms with Gasteiger partial charge in [0.15, 0.2) is 0 Å². The third-order valence-corrected chi connectivity index (χ3v) is 4.28. The number of hydrogen-bond acceptors (Lipinski definition) is 3. The molecule has 3 N–H and O–H groups in total. The summed E-state index contributed by atoms with van der Waals surface area (Å²) in [4.78, 5) is 0. The maximum atomic E-state index is 6.02. The van der Waals surface area contributed by atoms with Gasteiger partial charge in [-0.3, -0.25) is 0 Å². The van der Waals surface area contributed by atoms with Crippen LogP contribution in [0.4, 0.5) is 0 Å². The van der Waals surface area contributed by atoms with Gasteiger partial charge in [-0.1, -0.05) is 42.5 Å². The van der Waals surface area contributed by atoms with Crippen LogP contribution in [0.1, 0.15) is 45.2 Å². The first-order valence-electron chi connectivity index (χ1n) is 8.66. The first kappa shape index (κ1) is 18.5. The van der Waals surface area contributed by atoms with E-state index >= 15 is 0 Å². The number of benzene rings is 2. The number of nitrogens with one attached hydrogen (secondary N) is 1. The zero-order valence-corrected chi connectivity index (χ0v) is 15.3. The summed E-state index contributed by atoms with van der Waals surface area (Å²) in [5.74, 6) is 0.904. The summed E-state index contributed by atoms with van der Waals surface area (Å²) in [6.45, 7) is 7.34. The van der Waals surface area contributed by atoms with Gasteiger partial charge in [-0.05, 0) is 57.4 Å². The molecular weight excluding hydrogens is 296 g/mol. The second-order valence-electron chi connectivity index (χ2n) is 7.09. The summed E-state index contributed by atoms with van der Waals surface area (Å²) in [7, 11) is 1.71. The Morgan fingerprint density at radius 2 is 1.75 bits per heavy atom. The molecule has 0 fully saturated rings. The number of methoxy groups -OCH3 is 1. The topological polar surface area (TPSA) is 47.3 Å². The molecule has 0 bridgehead atoms. The van der Waals surface area contributed by atoms with Gasteiger partial charge >= 0.3 is 0 Å². The van der Waals surface area contributed by atoms with E-state index in [2.05, 4.69) is 56.4 Å². The van der Waals surface area contributed by atoms with E-state index in [1.54, 1.807) is 7.11 Å². The third kappa shape index (κ3) is 5.36. The number of para-hydroxylation sites is 1. The fourth-order valence-corrected chi connectivity index (χ4v) is 2.81. The van der Waals surface area contributed by atoms with Crippen LogP contribution in [0, 0.1) is 0 Å². The molecule has 0 amide bonds. The molecule has 24 heavy (non-hydrogen) atoms. The molecular formula is C21H30N2O. The Kier molecular flexibility index (Phi) is 6.41. The minimum absolute atomic E-state index is 0.0820. The molecule has 2 aromatic rings. The zero-order chi connectivity index (χ0) is 17.6. The maximum Gasteiger partial charge on any atom is 0.126 e. The van der Waals surface area contributed by atoms with Crippen molar-refractivity contribution in [1.82, 2.24) is 5.32 Å². The van der Waals surface area contributed by atoms with Crippen LogP contribution in [-0.4, -0.2) is 19.2 Å². The second kappa shape index (κ2) is 8.32. The van der Waals surface area contributed by atoms with Crippen molar-refractivity contribution in [1.29, 1.82) is 0 Å². The lowest BCUT2D eigenvalue weighted by molar-refractivity contribution is 0.416. The fourth-order valence-electron chi connectivity index (χ4n) is 2.81. The molecule has 0 heterocycles. The van der Waals surface area contributed by atoms with E-state index in [0.717, 1.165) is 30.7 Å². The third-order valence-electron chi connectivity index (χ3n) is 4.28. The van der Waals surface area contributed by atoms with Crippen LogP contribution in [-0.2, 0) is 0 Å². The van der Waals surface area contributed by atoms with Crippen LogP contribution in [0.3, 0.4) is 0 Å². The molecule has 3 heteroatoms. The molecule has 0 radical (unpaired) electrons. The Labute approximate surface area is 146 Å². The van der Waals surface area contributed by atoms with E-state index in [0.29, 0.717) is 6.04 Å². The highest BCUT2D eigenvalue weighted by Gasteiger charge is 2.11. The van der Waals surface area contributed by atoms with Crippen LogP contribution in [0.25, 0.3) is 11.1 Å². The number of ether oxygens (including phenoxy) is 1. The molecule has 0 aliphatic rings. The lowest BCUT2D eigenvalue weighted by Crippen LogP contribution is -2.33. The Bertz CT molecular complexity index is 629. The van der Waals surface area contributed by atoms with Crippen molar-refractivity contribution in [2.75, 3.05) is 13.7 Å². The molecule has 0 saturated carbocycles. The van der Waals surface area contributed by atoms with Crippen LogP contribution in [0.5, 0.6) is 5.75 Å². The summed E-state index contributed by atoms with van der Waals surface area (Å²) in [6, 6.07) is 17.1. The Balaban J connectivity index is 1.96. The molecule has 0 aromatic heterocycles. The van der Waals surface area contributed by atoms with Crippen molar-refractivity contribution < 1.29 is 4.74 Å². The predicted octanol–water partition coefficient (Wildman–Crippen LogP) is 4.53. The molecule has 0 aliphatic carbocycles. The van der Waals surface area contributed by atoms with Gasteiger partial charge in [-0.25, -0.2) is 0 Å². The normalized spacial score (nSPS) is 12.9. The first-order valence-corrected chi connectivity index (χ1v) is 8.66. The van der Waals surface area contributed by atoms with Crippen molar-refractivity contribution in [3.05, 3.63) is 54.1 Å². The molecule has 0 aliphatic heterocycles. The summed E-state index contributed by atoms with van der Waals surface area (Å²) in [5.41, 5.74) is 9.53. The van der Waals surface area contributed by atoms with Crippen molar-refractivity contribution in [3.63, 3.8) is 0 Å². The average Bonchev–Trinajstić information content (AvgIpc) is 2.58. The molecule has 0 spiro atoms. The molecule has 2 rings (SSSR count). The van der Waals surface area contributed by atoms with Gasteiger partial charge in [-0.2, -0.15) is 0 Å². The summed E-state index contributed by atoms with van der Waals surface area (Å²) < 4.78 is 5.45. The zero-order valence-electron chi connectivity index (χ0n) is 15.3. The highest BCUT2D eigenvalue weighted by molar-refractivity contribution is 5.70. The van der Waals surface area contributed by atoms with Crippen LogP contribution < -0.4 is 15.8 Å². The van der Waals surface area contributed by atoms with Gasteiger partial charge in [0.2, 0.25) is 0 Å². The van der Waals surface area contributed by atoms with Crippen molar-refractivity contribution in [2.24, 2.45) is 5.73 Å². The molecule has 1 unspecified atom stereocenters. The van der Waals surface area contributed by atoms with Crippen LogP contribution >= 0.6 is 0 Å². The van der Waals surface area contributed by atoms with Gasteiger partial charge in [0.1, 0.15) is 5.75 Å². The molecule has 1 atom stereocenters. The summed E-state index contributed by atoms with van der Waals surface area (Å²) in [6.07, 6.45) is 2.12. The molecule has 3 nitrogen and oxygen atoms in total. The number of rotatable bonds is 8. The Morgan fingerprint density at radius 1 is 1.08 bits per heavy atom.